The van der Waals surface area contributed by atoms with Crippen LogP contribution < -0.4 is 10.5 Å². The summed E-state index contributed by atoms with van der Waals surface area (Å²) in [5, 5.41) is 31.8. The quantitative estimate of drug-likeness (QED) is 0.0679. The van der Waals surface area contributed by atoms with Crippen molar-refractivity contribution in [2.75, 3.05) is 5.73 Å². The molecule has 2 aliphatic rings. The highest BCUT2D eigenvalue weighted by Gasteiger charge is 2.55. The normalized spacial score (nSPS) is 17.0. The molecule has 1 spiro atoms. The van der Waals surface area contributed by atoms with Crippen LogP contribution in [0.1, 0.15) is 136 Å². The van der Waals surface area contributed by atoms with E-state index in [4.69, 9.17) is 15.2 Å². The van der Waals surface area contributed by atoms with Gasteiger partial charge in [-0.15, -0.1) is 0 Å². The van der Waals surface area contributed by atoms with Crippen LogP contribution in [0.3, 0.4) is 0 Å². The van der Waals surface area contributed by atoms with Gasteiger partial charge >= 0.3 is 5.97 Å². The first kappa shape index (κ1) is 32.7. The second-order valence-corrected chi connectivity index (χ2v) is 12.8. The molecule has 2 atom stereocenters. The lowest BCUT2D eigenvalue weighted by Crippen LogP contribution is -2.34. The summed E-state index contributed by atoms with van der Waals surface area (Å²) in [6, 6.07) is 13.4. The molecule has 0 bridgehead atoms. The van der Waals surface area contributed by atoms with Crippen LogP contribution in [0.5, 0.6) is 23.0 Å². The molecule has 242 valence electrons. The van der Waals surface area contributed by atoms with Crippen molar-refractivity contribution in [1.82, 2.24) is 0 Å². The number of benzene rings is 3. The van der Waals surface area contributed by atoms with Crippen molar-refractivity contribution >= 4 is 11.7 Å². The third kappa shape index (κ3) is 7.09. The molecule has 3 aromatic rings. The van der Waals surface area contributed by atoms with E-state index in [1.165, 1.54) is 82.4 Å². The molecule has 5 rings (SSSR count). The summed E-state index contributed by atoms with van der Waals surface area (Å²) in [6.45, 7) is 2.25. The monoisotopic (exact) mass is 615 g/mol. The summed E-state index contributed by atoms with van der Waals surface area (Å²) in [5.41, 5.74) is 8.43. The summed E-state index contributed by atoms with van der Waals surface area (Å²) < 4.78 is 12.3. The Balaban J connectivity index is 1.18. The molecule has 0 amide bonds. The predicted molar refractivity (Wildman–Crippen MR) is 177 cm³/mol. The van der Waals surface area contributed by atoms with Crippen molar-refractivity contribution in [3.8, 4) is 23.0 Å². The number of aromatic hydroxyl groups is 2. The molecule has 0 saturated heterocycles. The minimum absolute atomic E-state index is 0.00381. The van der Waals surface area contributed by atoms with Gasteiger partial charge < -0.3 is 30.5 Å². The zero-order valence-corrected chi connectivity index (χ0v) is 26.7. The number of fused-ring (bicyclic) bond motifs is 6. The molecule has 3 aromatic carbocycles. The van der Waals surface area contributed by atoms with Gasteiger partial charge in [0.1, 0.15) is 23.0 Å². The summed E-state index contributed by atoms with van der Waals surface area (Å²) in [4.78, 5) is 13.1. The molecule has 2 unspecified atom stereocenters. The van der Waals surface area contributed by atoms with Crippen LogP contribution in [-0.4, -0.2) is 27.4 Å². The van der Waals surface area contributed by atoms with E-state index in [0.717, 1.165) is 25.7 Å². The fourth-order valence-corrected chi connectivity index (χ4v) is 7.02. The Morgan fingerprint density at radius 1 is 0.778 bits per heavy atom. The van der Waals surface area contributed by atoms with Crippen molar-refractivity contribution in [1.29, 1.82) is 0 Å². The van der Waals surface area contributed by atoms with E-state index in [1.807, 2.05) is 12.1 Å². The smallest absolute Gasteiger partial charge is 0.340 e. The van der Waals surface area contributed by atoms with E-state index < -0.39 is 11.6 Å². The highest BCUT2D eigenvalue weighted by molar-refractivity contribution is 5.97. The number of carbonyl (C=O) groups is 1. The van der Waals surface area contributed by atoms with Crippen molar-refractivity contribution in [2.24, 2.45) is 0 Å². The Morgan fingerprint density at radius 3 is 2.13 bits per heavy atom. The van der Waals surface area contributed by atoms with E-state index in [0.29, 0.717) is 52.1 Å². The Kier molecular flexibility index (Phi) is 10.9. The van der Waals surface area contributed by atoms with Crippen LogP contribution in [0.25, 0.3) is 0 Å². The van der Waals surface area contributed by atoms with Gasteiger partial charge in [0.25, 0.3) is 0 Å². The van der Waals surface area contributed by atoms with Crippen LogP contribution in [0.4, 0.5) is 5.69 Å². The highest BCUT2D eigenvalue weighted by Crippen LogP contribution is 2.59. The number of esters is 1. The van der Waals surface area contributed by atoms with Crippen molar-refractivity contribution in [3.63, 3.8) is 0 Å². The fraction of sp³-hybridized carbons (Fsp3) is 0.500. The summed E-state index contributed by atoms with van der Waals surface area (Å²) >= 11 is 0. The first-order valence-corrected chi connectivity index (χ1v) is 17.0. The Bertz CT molecular complexity index is 1470. The molecule has 5 N–H and O–H groups in total. The zero-order chi connectivity index (χ0) is 31.8. The lowest BCUT2D eigenvalue weighted by Gasteiger charge is -2.38. The number of phenolic OH excluding ortho intramolecular Hbond substituents is 2. The Labute approximate surface area is 267 Å². The number of nitrogens with two attached hydrogens (primary N) is 1. The third-order valence-corrected chi connectivity index (χ3v) is 9.46. The summed E-state index contributed by atoms with van der Waals surface area (Å²) in [5.74, 6) is 0.135. The average Bonchev–Trinajstić information content (AvgIpc) is 3.31. The van der Waals surface area contributed by atoms with E-state index >= 15 is 0 Å². The van der Waals surface area contributed by atoms with Crippen molar-refractivity contribution in [3.05, 3.63) is 76.3 Å². The number of phenols is 2. The van der Waals surface area contributed by atoms with E-state index in [1.54, 1.807) is 18.2 Å². The van der Waals surface area contributed by atoms with Gasteiger partial charge in [0.15, 0.2) is 5.60 Å². The SMILES string of the molecule is CCCCCCCCCCCCCC(O)CCCCc1c(O)cc2c(c1N)C1(OC(=O)c3ccccc31)c1ccc(O)cc1O2. The van der Waals surface area contributed by atoms with Crippen molar-refractivity contribution < 1.29 is 29.6 Å². The molecule has 0 aromatic heterocycles. The number of ether oxygens (including phenoxy) is 2. The minimum atomic E-state index is -1.37. The maximum Gasteiger partial charge on any atom is 0.340 e. The second kappa shape index (κ2) is 15.0. The van der Waals surface area contributed by atoms with Gasteiger partial charge in [-0.2, -0.15) is 0 Å². The second-order valence-electron chi connectivity index (χ2n) is 12.8. The van der Waals surface area contributed by atoms with E-state index in [9.17, 15) is 20.1 Å². The summed E-state index contributed by atoms with van der Waals surface area (Å²) in [7, 11) is 0. The fourth-order valence-electron chi connectivity index (χ4n) is 7.02. The standard InChI is InChI=1S/C38H49NO6/c1-2-3-4-5-6-7-8-9-10-11-12-17-26(40)18-13-14-20-29-32(42)25-34-35(36(29)39)38(31-23-22-27(41)24-33(31)44-34)30-21-16-15-19-28(30)37(43)45-38/h15-16,19,21-26,40-42H,2-14,17-18,20,39H2,1H3. The molecule has 0 fully saturated rings. The van der Waals surface area contributed by atoms with Crippen LogP contribution >= 0.6 is 0 Å². The predicted octanol–water partition coefficient (Wildman–Crippen LogP) is 9.02. The molecule has 2 aliphatic heterocycles. The number of hydrogen-bond donors (Lipinski definition) is 4. The average molecular weight is 616 g/mol. The number of hydrogen-bond acceptors (Lipinski definition) is 7. The lowest BCUT2D eigenvalue weighted by atomic mass is 9.76. The number of anilines is 1. The molecule has 0 radical (unpaired) electrons. The number of nitrogen functional groups attached to an aromatic ring is 1. The maximum absolute atomic E-state index is 13.1. The number of aliphatic hydroxyl groups is 1. The van der Waals surface area contributed by atoms with Gasteiger partial charge in [-0.1, -0.05) is 102 Å². The molecule has 2 heterocycles. The maximum atomic E-state index is 13.1. The van der Waals surface area contributed by atoms with E-state index in [-0.39, 0.29) is 23.4 Å². The number of carbonyl (C=O) groups excluding carboxylic acids is 1. The molecule has 7 heteroatoms. The van der Waals surface area contributed by atoms with Crippen molar-refractivity contribution in [2.45, 2.75) is 121 Å². The number of rotatable bonds is 17. The number of unbranched alkanes of at least 4 members (excludes halogenated alkanes) is 11. The largest absolute Gasteiger partial charge is 0.508 e. The molecular formula is C38H49NO6. The first-order valence-electron chi connectivity index (χ1n) is 17.0. The molecule has 45 heavy (non-hydrogen) atoms. The molecular weight excluding hydrogens is 566 g/mol. The van der Waals surface area contributed by atoms with Crippen LogP contribution in [0.15, 0.2) is 48.5 Å². The van der Waals surface area contributed by atoms with Crippen LogP contribution in [0, 0.1) is 0 Å². The lowest BCUT2D eigenvalue weighted by molar-refractivity contribution is 0.0226. The minimum Gasteiger partial charge on any atom is -0.508 e. The van der Waals surface area contributed by atoms with Gasteiger partial charge in [0.05, 0.1) is 22.9 Å². The third-order valence-electron chi connectivity index (χ3n) is 9.46. The molecule has 0 saturated carbocycles. The van der Waals surface area contributed by atoms with Gasteiger partial charge in [0, 0.05) is 28.8 Å². The van der Waals surface area contributed by atoms with Gasteiger partial charge in [-0.05, 0) is 43.9 Å². The van der Waals surface area contributed by atoms with Gasteiger partial charge in [-0.25, -0.2) is 4.79 Å². The van der Waals surface area contributed by atoms with E-state index in [2.05, 4.69) is 6.92 Å². The van der Waals surface area contributed by atoms with Crippen LogP contribution in [-0.2, 0) is 16.8 Å². The van der Waals surface area contributed by atoms with Gasteiger partial charge in [0.2, 0.25) is 0 Å². The zero-order valence-electron chi connectivity index (χ0n) is 26.7. The topological polar surface area (TPSA) is 122 Å². The number of aliphatic hydroxyl groups excluding tert-OH is 1. The summed E-state index contributed by atoms with van der Waals surface area (Å²) in [6.07, 6.45) is 17.5. The molecule has 7 nitrogen and oxygen atoms in total. The molecule has 0 aliphatic carbocycles. The highest BCUT2D eigenvalue weighted by atomic mass is 16.6. The first-order chi connectivity index (χ1) is 21.9. The Hall–Kier alpha value is -3.71. The van der Waals surface area contributed by atoms with Crippen LogP contribution in [0.2, 0.25) is 0 Å². The Morgan fingerprint density at radius 2 is 1.42 bits per heavy atom. The van der Waals surface area contributed by atoms with Gasteiger partial charge in [-0.3, -0.25) is 0 Å².